The fourth-order valence-electron chi connectivity index (χ4n) is 4.74. The molecule has 5 nitrogen and oxygen atoms in total. The third-order valence-electron chi connectivity index (χ3n) is 6.41. The van der Waals surface area contributed by atoms with Gasteiger partial charge in [0.25, 0.3) is 0 Å². The molecule has 1 saturated heterocycles. The van der Waals surface area contributed by atoms with Crippen molar-refractivity contribution in [2.45, 2.75) is 48.8 Å². The first-order valence-electron chi connectivity index (χ1n) is 11.0. The Kier molecular flexibility index (Phi) is 6.78. The summed E-state index contributed by atoms with van der Waals surface area (Å²) in [7, 11) is -3.60. The van der Waals surface area contributed by atoms with Crippen LogP contribution in [0.3, 0.4) is 0 Å². The maximum absolute atomic E-state index is 13.1. The molecule has 1 heterocycles. The second-order valence-corrected chi connectivity index (χ2v) is 10.2. The van der Waals surface area contributed by atoms with Crippen LogP contribution in [0.5, 0.6) is 0 Å². The zero-order valence-electron chi connectivity index (χ0n) is 17.8. The monoisotopic (exact) mass is 467 g/mol. The van der Waals surface area contributed by atoms with E-state index in [1.165, 1.54) is 12.1 Å². The number of alkyl halides is 3. The smallest absolute Gasteiger partial charge is 0.369 e. The molecule has 1 saturated carbocycles. The second kappa shape index (κ2) is 9.41. The molecule has 174 valence electrons. The Bertz CT molecular complexity index is 1010. The van der Waals surface area contributed by atoms with Crippen LogP contribution >= 0.6 is 0 Å². The van der Waals surface area contributed by atoms with Crippen LogP contribution in [0.1, 0.15) is 31.2 Å². The first-order valence-corrected chi connectivity index (χ1v) is 12.5. The fourth-order valence-corrected chi connectivity index (χ4v) is 6.07. The van der Waals surface area contributed by atoms with E-state index in [-0.39, 0.29) is 17.0 Å². The number of hydrogen-bond donors (Lipinski definition) is 1. The van der Waals surface area contributed by atoms with Crippen molar-refractivity contribution in [2.24, 2.45) is 0 Å². The van der Waals surface area contributed by atoms with Gasteiger partial charge < -0.3 is 4.90 Å². The van der Waals surface area contributed by atoms with E-state index < -0.39 is 21.8 Å². The predicted molar refractivity (Wildman–Crippen MR) is 118 cm³/mol. The molecule has 1 aliphatic carbocycles. The molecule has 9 heteroatoms. The number of sulfonamides is 1. The number of nitrogens with zero attached hydrogens (tertiary/aromatic N) is 2. The first-order chi connectivity index (χ1) is 15.2. The van der Waals surface area contributed by atoms with Crippen molar-refractivity contribution >= 4 is 15.7 Å². The topological polar surface area (TPSA) is 52.7 Å². The van der Waals surface area contributed by atoms with E-state index in [0.29, 0.717) is 31.9 Å². The molecule has 2 atom stereocenters. The van der Waals surface area contributed by atoms with E-state index in [1.807, 2.05) is 4.90 Å². The zero-order chi connectivity index (χ0) is 22.8. The number of piperazine rings is 1. The largest absolute Gasteiger partial charge is 0.416 e. The van der Waals surface area contributed by atoms with Gasteiger partial charge in [0.05, 0.1) is 10.5 Å². The number of benzene rings is 2. The van der Waals surface area contributed by atoms with Crippen LogP contribution < -0.4 is 9.62 Å². The molecule has 0 aromatic heterocycles. The Morgan fingerprint density at radius 2 is 1.56 bits per heavy atom. The molecule has 0 spiro atoms. The standard InChI is InChI=1S/C23H28F3N3O2S/c24-23(25,26)18-7-6-8-19(17-18)28-13-15-29(16-14-28)22-12-5-4-11-21(22)27-32(30,31)20-9-2-1-3-10-20/h1-3,6-10,17,21-22,27H,4-5,11-16H2/t21-,22-/m0/s1. The minimum absolute atomic E-state index is 0.0888. The maximum Gasteiger partial charge on any atom is 0.416 e. The lowest BCUT2D eigenvalue weighted by Crippen LogP contribution is -2.58. The molecule has 2 fully saturated rings. The normalized spacial score (nSPS) is 23.3. The van der Waals surface area contributed by atoms with Crippen LogP contribution in [-0.2, 0) is 16.2 Å². The Labute approximate surface area is 187 Å². The quantitative estimate of drug-likeness (QED) is 0.719. The lowest BCUT2D eigenvalue weighted by Gasteiger charge is -2.44. The molecular formula is C23H28F3N3O2S. The van der Waals surface area contributed by atoms with Crippen LogP contribution in [-0.4, -0.2) is 51.6 Å². The number of rotatable bonds is 5. The van der Waals surface area contributed by atoms with Crippen LogP contribution in [0.15, 0.2) is 59.5 Å². The van der Waals surface area contributed by atoms with Crippen molar-refractivity contribution in [3.05, 3.63) is 60.2 Å². The van der Waals surface area contributed by atoms with Gasteiger partial charge in [0, 0.05) is 44.0 Å². The Morgan fingerprint density at radius 3 is 2.25 bits per heavy atom. The SMILES string of the molecule is O=S(=O)(N[C@H]1CCCC[C@@H]1N1CCN(c2cccc(C(F)(F)F)c2)CC1)c1ccccc1. The van der Waals surface area contributed by atoms with Gasteiger partial charge in [-0.1, -0.05) is 37.1 Å². The van der Waals surface area contributed by atoms with Crippen molar-refractivity contribution in [1.29, 1.82) is 0 Å². The van der Waals surface area contributed by atoms with Gasteiger partial charge in [-0.05, 0) is 43.2 Å². The third kappa shape index (κ3) is 5.27. The molecule has 2 aromatic carbocycles. The van der Waals surface area contributed by atoms with Gasteiger partial charge >= 0.3 is 6.18 Å². The number of nitrogens with one attached hydrogen (secondary N) is 1. The van der Waals surface area contributed by atoms with Gasteiger partial charge in [-0.2, -0.15) is 13.2 Å². The number of hydrogen-bond acceptors (Lipinski definition) is 4. The summed E-state index contributed by atoms with van der Waals surface area (Å²) in [4.78, 5) is 4.53. The highest BCUT2D eigenvalue weighted by molar-refractivity contribution is 7.89. The highest BCUT2D eigenvalue weighted by Gasteiger charge is 2.35. The van der Waals surface area contributed by atoms with Crippen LogP contribution in [0, 0.1) is 0 Å². The van der Waals surface area contributed by atoms with Gasteiger partial charge in [-0.25, -0.2) is 13.1 Å². The van der Waals surface area contributed by atoms with Crippen LogP contribution in [0.2, 0.25) is 0 Å². The van der Waals surface area contributed by atoms with E-state index in [0.717, 1.165) is 31.7 Å². The van der Waals surface area contributed by atoms with Crippen molar-refractivity contribution in [3.63, 3.8) is 0 Å². The summed E-state index contributed by atoms with van der Waals surface area (Å²) in [6.45, 7) is 2.58. The lowest BCUT2D eigenvalue weighted by atomic mass is 9.89. The molecule has 0 amide bonds. The van der Waals surface area contributed by atoms with Gasteiger partial charge in [0.1, 0.15) is 0 Å². The fraction of sp³-hybridized carbons (Fsp3) is 0.478. The van der Waals surface area contributed by atoms with Crippen molar-refractivity contribution < 1.29 is 21.6 Å². The average Bonchev–Trinajstić information content (AvgIpc) is 2.79. The van der Waals surface area contributed by atoms with Gasteiger partial charge in [-0.15, -0.1) is 0 Å². The first kappa shape index (κ1) is 23.1. The molecular weight excluding hydrogens is 439 g/mol. The highest BCUT2D eigenvalue weighted by atomic mass is 32.2. The minimum atomic E-state index is -4.36. The van der Waals surface area contributed by atoms with E-state index in [1.54, 1.807) is 36.4 Å². The van der Waals surface area contributed by atoms with Crippen molar-refractivity contribution in [2.75, 3.05) is 31.1 Å². The molecule has 4 rings (SSSR count). The minimum Gasteiger partial charge on any atom is -0.369 e. The Hall–Kier alpha value is -2.10. The Balaban J connectivity index is 1.42. The average molecular weight is 468 g/mol. The van der Waals surface area contributed by atoms with Crippen LogP contribution in [0.25, 0.3) is 0 Å². The zero-order valence-corrected chi connectivity index (χ0v) is 18.6. The molecule has 0 unspecified atom stereocenters. The molecule has 1 N–H and O–H groups in total. The molecule has 32 heavy (non-hydrogen) atoms. The summed E-state index contributed by atoms with van der Waals surface area (Å²) in [5, 5.41) is 0. The summed E-state index contributed by atoms with van der Waals surface area (Å²) in [5.41, 5.74) is -0.0652. The third-order valence-corrected chi connectivity index (χ3v) is 7.92. The van der Waals surface area contributed by atoms with E-state index in [9.17, 15) is 21.6 Å². The number of halogens is 3. The summed E-state index contributed by atoms with van der Waals surface area (Å²) in [6, 6.07) is 13.7. The summed E-state index contributed by atoms with van der Waals surface area (Å²) in [5.74, 6) is 0. The van der Waals surface area contributed by atoms with Gasteiger partial charge in [0.15, 0.2) is 0 Å². The molecule has 2 aliphatic rings. The molecule has 1 aliphatic heterocycles. The van der Waals surface area contributed by atoms with Gasteiger partial charge in [0.2, 0.25) is 10.0 Å². The van der Waals surface area contributed by atoms with E-state index in [4.69, 9.17) is 0 Å². The predicted octanol–water partition coefficient (Wildman–Crippen LogP) is 4.12. The second-order valence-electron chi connectivity index (χ2n) is 8.46. The lowest BCUT2D eigenvalue weighted by molar-refractivity contribution is -0.137. The number of anilines is 1. The van der Waals surface area contributed by atoms with Crippen molar-refractivity contribution in [1.82, 2.24) is 9.62 Å². The summed E-state index contributed by atoms with van der Waals surface area (Å²) in [6.07, 6.45) is -0.649. The highest BCUT2D eigenvalue weighted by Crippen LogP contribution is 2.32. The summed E-state index contributed by atoms with van der Waals surface area (Å²) >= 11 is 0. The van der Waals surface area contributed by atoms with Crippen molar-refractivity contribution in [3.8, 4) is 0 Å². The molecule has 0 bridgehead atoms. The van der Waals surface area contributed by atoms with Gasteiger partial charge in [-0.3, -0.25) is 4.90 Å². The molecule has 2 aromatic rings. The summed E-state index contributed by atoms with van der Waals surface area (Å²) < 4.78 is 67.8. The molecule has 0 radical (unpaired) electrons. The van der Waals surface area contributed by atoms with E-state index >= 15 is 0 Å². The van der Waals surface area contributed by atoms with Crippen LogP contribution in [0.4, 0.5) is 18.9 Å². The Morgan fingerprint density at radius 1 is 0.875 bits per heavy atom. The maximum atomic E-state index is 13.1. The van der Waals surface area contributed by atoms with E-state index in [2.05, 4.69) is 9.62 Å².